The molecule has 19 nitrogen and oxygen atoms in total. The van der Waals surface area contributed by atoms with Crippen LogP contribution < -0.4 is 14.0 Å². The number of hydroxylamine groups is 4. The number of aromatic nitrogens is 2. The summed E-state index contributed by atoms with van der Waals surface area (Å²) in [6, 6.07) is 16.4. The number of fused-ring (bicyclic) bond motifs is 2. The Labute approximate surface area is 415 Å². The minimum Gasteiger partial charge on any atom is -0.347 e. The van der Waals surface area contributed by atoms with Gasteiger partial charge in [0.1, 0.15) is 6.54 Å². The highest BCUT2D eigenvalue weighted by molar-refractivity contribution is 7.86. The number of nitrogens with zero attached hydrogens (tertiary/aromatic N) is 5. The standard InChI is InChI=1S/C51H51N5O14S2/c57-45-19-20-46(58)55(45)69-49(61)13-4-1-6-25-52-29-23-35(41-33-39(71(63,64)65)15-17-43(41)52)31-37-11-10-12-38(51(37)54-27-8-3-9-28-54)32-36-24-30-53(44-18-16-40(34-42(36)44)72(66,67)68)26-7-2-5-14-50(62)70-56-47(59)21-22-48(56)60/h3,8-9,15-18,23-24,27-34H,1-2,4-7,10-14,19-22,25-26H2/p+2. The van der Waals surface area contributed by atoms with Crippen LogP contribution in [0.15, 0.2) is 119 Å². The molecule has 3 aliphatic heterocycles. The summed E-state index contributed by atoms with van der Waals surface area (Å²) in [6.07, 6.45) is 18.9. The second-order valence-corrected chi connectivity index (χ2v) is 20.6. The third-order valence-electron chi connectivity index (χ3n) is 12.7. The maximum absolute atomic E-state index is 12.5. The van der Waals surface area contributed by atoms with Gasteiger partial charge in [-0.15, -0.1) is 10.1 Å². The van der Waals surface area contributed by atoms with Crippen LogP contribution in [0.2, 0.25) is 0 Å². The predicted molar refractivity (Wildman–Crippen MR) is 258 cm³/mol. The molecule has 72 heavy (non-hydrogen) atoms. The lowest BCUT2D eigenvalue weighted by molar-refractivity contribution is -0.671. The molecule has 4 aromatic rings. The zero-order chi connectivity index (χ0) is 51.2. The first-order valence-corrected chi connectivity index (χ1v) is 26.6. The fourth-order valence-corrected chi connectivity index (χ4v) is 10.2. The molecule has 5 heterocycles. The van der Waals surface area contributed by atoms with Crippen LogP contribution in [0.1, 0.15) is 107 Å². The number of pyridine rings is 2. The fraction of sp³-hybridized carbons (Fsp3) is 0.333. The normalized spacial score (nSPS) is 17.5. The van der Waals surface area contributed by atoms with E-state index >= 15 is 0 Å². The minimum atomic E-state index is -4.58. The lowest BCUT2D eigenvalue weighted by Gasteiger charge is -2.28. The van der Waals surface area contributed by atoms with Gasteiger partial charge in [0.05, 0.1) is 15.2 Å². The molecule has 0 bridgehead atoms. The van der Waals surface area contributed by atoms with Crippen molar-refractivity contribution in [2.45, 2.75) is 113 Å². The summed E-state index contributed by atoms with van der Waals surface area (Å²) in [5, 5.41) is 1.62. The Morgan fingerprint density at radius 2 is 1.25 bits per heavy atom. The highest BCUT2D eigenvalue weighted by atomic mass is 32.2. The van der Waals surface area contributed by atoms with Crippen molar-refractivity contribution in [1.82, 2.24) is 10.1 Å². The van der Waals surface area contributed by atoms with Crippen molar-refractivity contribution in [2.75, 3.05) is 11.4 Å². The molecule has 376 valence electrons. The van der Waals surface area contributed by atoms with E-state index < -0.39 is 55.8 Å². The van der Waals surface area contributed by atoms with Gasteiger partial charge >= 0.3 is 11.9 Å². The SMILES string of the molecule is O=C(CCCCCN1C=C/C(=C/C2=C([n+]3ccccc3)C(=C/c3cc[n+](CCCCCC(=O)ON4C(=O)CCC4=O)c4ccc(S(=O)(=O)O)cc34)/CCC2)c2cc(S(=O)(=O)O)ccc21)ON1C(=O)CCC1=O. The molecule has 4 aliphatic rings. The molecule has 0 spiro atoms. The van der Waals surface area contributed by atoms with Crippen LogP contribution in [-0.2, 0) is 65.2 Å². The molecule has 2 fully saturated rings. The average Bonchev–Trinajstić information content (AvgIpc) is 3.84. The second kappa shape index (κ2) is 22.1. The molecule has 2 saturated heterocycles. The Kier molecular flexibility index (Phi) is 15.7. The van der Waals surface area contributed by atoms with Gasteiger partial charge in [0, 0.05) is 104 Å². The van der Waals surface area contributed by atoms with Crippen molar-refractivity contribution >= 4 is 89.7 Å². The number of rotatable bonds is 19. The summed E-state index contributed by atoms with van der Waals surface area (Å²) >= 11 is 0. The zero-order valence-corrected chi connectivity index (χ0v) is 40.8. The van der Waals surface area contributed by atoms with Crippen LogP contribution >= 0.6 is 0 Å². The number of allylic oxidation sites excluding steroid dienone is 6. The van der Waals surface area contributed by atoms with Crippen molar-refractivity contribution in [3.63, 3.8) is 0 Å². The lowest BCUT2D eigenvalue weighted by Crippen LogP contribution is -2.35. The molecule has 2 aromatic carbocycles. The molecule has 1 aliphatic carbocycles. The molecular formula is C51H53N5O14S2+2. The number of hydrogen-bond donors (Lipinski definition) is 2. The van der Waals surface area contributed by atoms with Crippen molar-refractivity contribution in [1.29, 1.82) is 0 Å². The number of anilines is 1. The highest BCUT2D eigenvalue weighted by Crippen LogP contribution is 2.39. The Balaban J connectivity index is 1.06. The van der Waals surface area contributed by atoms with E-state index in [-0.39, 0.29) is 48.3 Å². The zero-order valence-electron chi connectivity index (χ0n) is 39.2. The predicted octanol–water partition coefficient (Wildman–Crippen LogP) is 6.14. The summed E-state index contributed by atoms with van der Waals surface area (Å²) in [5.74, 6) is -3.52. The molecule has 2 aromatic heterocycles. The summed E-state index contributed by atoms with van der Waals surface area (Å²) in [7, 11) is -9.17. The molecule has 0 atom stereocenters. The van der Waals surface area contributed by atoms with Crippen LogP contribution in [0.25, 0.3) is 28.2 Å². The van der Waals surface area contributed by atoms with Gasteiger partial charge in [-0.2, -0.15) is 26.0 Å². The maximum Gasteiger partial charge on any atom is 0.333 e. The summed E-state index contributed by atoms with van der Waals surface area (Å²) in [4.78, 5) is 83.4. The third kappa shape index (κ3) is 12.1. The number of imide groups is 2. The number of unbranched alkanes of at least 4 members (excludes halogenated alkanes) is 4. The first-order valence-electron chi connectivity index (χ1n) is 23.7. The van der Waals surface area contributed by atoms with Crippen molar-refractivity contribution in [3.8, 4) is 0 Å². The molecule has 2 N–H and O–H groups in total. The lowest BCUT2D eigenvalue weighted by atomic mass is 9.87. The summed E-state index contributed by atoms with van der Waals surface area (Å²) < 4.78 is 74.1. The molecule has 0 unspecified atom stereocenters. The van der Waals surface area contributed by atoms with Crippen molar-refractivity contribution < 1.29 is 73.5 Å². The fourth-order valence-electron chi connectivity index (χ4n) is 9.15. The molecule has 21 heteroatoms. The van der Waals surface area contributed by atoms with Gasteiger partial charge in [0.25, 0.3) is 43.9 Å². The Morgan fingerprint density at radius 3 is 1.88 bits per heavy atom. The summed E-state index contributed by atoms with van der Waals surface area (Å²) in [6.45, 7) is 0.989. The quantitative estimate of drug-likeness (QED) is 0.0464. The largest absolute Gasteiger partial charge is 0.347 e. The Morgan fingerprint density at radius 1 is 0.653 bits per heavy atom. The van der Waals surface area contributed by atoms with Gasteiger partial charge in [-0.25, -0.2) is 9.59 Å². The van der Waals surface area contributed by atoms with E-state index in [1.807, 2.05) is 81.3 Å². The molecule has 0 saturated carbocycles. The second-order valence-electron chi connectivity index (χ2n) is 17.8. The van der Waals surface area contributed by atoms with E-state index in [0.717, 1.165) is 23.3 Å². The maximum atomic E-state index is 12.5. The molecular weight excluding hydrogens is 971 g/mol. The number of benzene rings is 2. The van der Waals surface area contributed by atoms with Gasteiger partial charge in [-0.1, -0.05) is 12.5 Å². The van der Waals surface area contributed by atoms with Crippen molar-refractivity contribution in [3.05, 3.63) is 120 Å². The van der Waals surface area contributed by atoms with Gasteiger partial charge in [0.2, 0.25) is 11.2 Å². The topological polar surface area (TPSA) is 247 Å². The van der Waals surface area contributed by atoms with Gasteiger partial charge in [-0.3, -0.25) is 28.3 Å². The number of carbonyl (C=O) groups is 6. The first-order chi connectivity index (χ1) is 34.4. The third-order valence-corrected chi connectivity index (χ3v) is 14.4. The first kappa shape index (κ1) is 51.2. The van der Waals surface area contributed by atoms with Crippen LogP contribution in [0.5, 0.6) is 0 Å². The molecule has 0 radical (unpaired) electrons. The average molecular weight is 1020 g/mol. The highest BCUT2D eigenvalue weighted by Gasteiger charge is 2.34. The van der Waals surface area contributed by atoms with E-state index in [1.54, 1.807) is 12.1 Å². The van der Waals surface area contributed by atoms with E-state index in [0.29, 0.717) is 108 Å². The van der Waals surface area contributed by atoms with Crippen molar-refractivity contribution in [2.24, 2.45) is 0 Å². The molecule has 4 amide bonds. The van der Waals surface area contributed by atoms with Gasteiger partial charge in [0.15, 0.2) is 18.6 Å². The smallest absolute Gasteiger partial charge is 0.333 e. The van der Waals surface area contributed by atoms with Crippen LogP contribution in [0.4, 0.5) is 5.69 Å². The number of hydrogen-bond acceptors (Lipinski definition) is 13. The summed E-state index contributed by atoms with van der Waals surface area (Å²) in [5.41, 5.74) is 5.99. The van der Waals surface area contributed by atoms with E-state index in [4.69, 9.17) is 9.68 Å². The van der Waals surface area contributed by atoms with Crippen LogP contribution in [0, 0.1) is 0 Å². The Hall–Kier alpha value is -7.20. The van der Waals surface area contributed by atoms with E-state index in [1.165, 1.54) is 24.3 Å². The number of amides is 4. The van der Waals surface area contributed by atoms with Crippen LogP contribution in [-0.4, -0.2) is 78.2 Å². The Bertz CT molecular complexity index is 3190. The number of carbonyl (C=O) groups excluding carboxylic acids is 6. The minimum absolute atomic E-state index is 0.00727. The number of aryl methyl sites for hydroxylation is 1. The van der Waals surface area contributed by atoms with E-state index in [2.05, 4.69) is 0 Å². The monoisotopic (exact) mass is 1020 g/mol. The van der Waals surface area contributed by atoms with Gasteiger partial charge < -0.3 is 14.6 Å². The molecule has 8 rings (SSSR count). The van der Waals surface area contributed by atoms with Gasteiger partial charge in [-0.05, 0) is 105 Å². The van der Waals surface area contributed by atoms with E-state index in [9.17, 15) is 54.7 Å². The van der Waals surface area contributed by atoms with Crippen LogP contribution in [0.3, 0.4) is 0 Å².